The Balaban J connectivity index is 2.24. The molecule has 0 amide bonds. The highest BCUT2D eigenvalue weighted by Gasteiger charge is 2.25. The number of allylic oxidation sites excluding steroid dienone is 8. The average Bonchev–Trinajstić information content (AvgIpc) is 3.10. The van der Waals surface area contributed by atoms with Gasteiger partial charge in [-0.05, 0) is 17.2 Å². The molecule has 1 N–H and O–H groups in total. The molecule has 0 spiro atoms. The zero-order chi connectivity index (χ0) is 14.2. The van der Waals surface area contributed by atoms with E-state index in [-0.39, 0.29) is 16.7 Å². The van der Waals surface area contributed by atoms with Crippen LogP contribution >= 0.6 is 0 Å². The lowest BCUT2D eigenvalue weighted by molar-refractivity contribution is 0.482. The van der Waals surface area contributed by atoms with Gasteiger partial charge in [0.1, 0.15) is 0 Å². The summed E-state index contributed by atoms with van der Waals surface area (Å²) in [5.41, 5.74) is 1.56. The molecule has 0 heterocycles. The predicted octanol–water partition coefficient (Wildman–Crippen LogP) is 3.35. The Morgan fingerprint density at radius 2 is 1.40 bits per heavy atom. The van der Waals surface area contributed by atoms with Crippen LogP contribution < -0.4 is 0 Å². The number of benzene rings is 1. The zero-order valence-corrected chi connectivity index (χ0v) is 11.5. The van der Waals surface area contributed by atoms with Crippen LogP contribution in [0.3, 0.4) is 0 Å². The predicted molar refractivity (Wildman–Crippen MR) is 78.3 cm³/mol. The third-order valence-corrected chi connectivity index (χ3v) is 4.48. The van der Waals surface area contributed by atoms with E-state index >= 15 is 0 Å². The van der Waals surface area contributed by atoms with Crippen LogP contribution in [0.2, 0.25) is 0 Å². The van der Waals surface area contributed by atoms with Crippen LogP contribution in [0.4, 0.5) is 0 Å². The second-order valence-corrected chi connectivity index (χ2v) is 6.22. The van der Waals surface area contributed by atoms with Crippen molar-refractivity contribution in [3.05, 3.63) is 77.9 Å². The molecule has 0 saturated heterocycles. The highest BCUT2D eigenvalue weighted by Crippen LogP contribution is 2.37. The van der Waals surface area contributed by atoms with Crippen molar-refractivity contribution in [1.29, 1.82) is 0 Å². The third kappa shape index (κ3) is 2.28. The molecule has 0 fully saturated rings. The summed E-state index contributed by atoms with van der Waals surface area (Å²) in [6.45, 7) is 0. The van der Waals surface area contributed by atoms with E-state index in [9.17, 15) is 13.0 Å². The number of hydrogen-bond acceptors (Lipinski definition) is 2. The fourth-order valence-electron chi connectivity index (χ4n) is 2.70. The van der Waals surface area contributed by atoms with Gasteiger partial charge in [-0.25, -0.2) is 0 Å². The van der Waals surface area contributed by atoms with Crippen molar-refractivity contribution in [2.45, 2.75) is 16.7 Å². The summed E-state index contributed by atoms with van der Waals surface area (Å²) in [5.74, 6) is -0.0698. The Hall–Kier alpha value is -1.91. The summed E-state index contributed by atoms with van der Waals surface area (Å²) in [5, 5.41) is 0. The number of hydrogen-bond donors (Lipinski definition) is 1. The van der Waals surface area contributed by atoms with Crippen molar-refractivity contribution in [3.63, 3.8) is 0 Å². The first-order valence-corrected chi connectivity index (χ1v) is 7.81. The summed E-state index contributed by atoms with van der Waals surface area (Å²) in [4.78, 5) is -0.00935. The highest BCUT2D eigenvalue weighted by atomic mass is 32.2. The maximum Gasteiger partial charge on any atom is 0.294 e. The normalized spacial score (nSPS) is 18.4. The molecule has 0 saturated carbocycles. The summed E-state index contributed by atoms with van der Waals surface area (Å²) < 4.78 is 32.8. The molecule has 0 aromatic heterocycles. The van der Waals surface area contributed by atoms with E-state index in [1.165, 1.54) is 6.07 Å². The van der Waals surface area contributed by atoms with Gasteiger partial charge in [0.25, 0.3) is 10.1 Å². The molecule has 3 rings (SSSR count). The second-order valence-electron chi connectivity index (χ2n) is 4.83. The Morgan fingerprint density at radius 1 is 0.850 bits per heavy atom. The minimum atomic E-state index is -4.24. The fourth-order valence-corrected chi connectivity index (χ4v) is 3.48. The van der Waals surface area contributed by atoms with Gasteiger partial charge in [-0.15, -0.1) is 0 Å². The van der Waals surface area contributed by atoms with Crippen LogP contribution in [-0.4, -0.2) is 13.0 Å². The van der Waals surface area contributed by atoms with Gasteiger partial charge >= 0.3 is 0 Å². The van der Waals surface area contributed by atoms with Crippen LogP contribution in [0.5, 0.6) is 0 Å². The van der Waals surface area contributed by atoms with E-state index < -0.39 is 10.1 Å². The Labute approximate surface area is 118 Å². The van der Waals surface area contributed by atoms with Crippen molar-refractivity contribution in [2.75, 3.05) is 0 Å². The number of rotatable bonds is 3. The molecule has 0 atom stereocenters. The van der Waals surface area contributed by atoms with Gasteiger partial charge in [0, 0.05) is 11.8 Å². The van der Waals surface area contributed by atoms with Gasteiger partial charge in [0.2, 0.25) is 0 Å². The third-order valence-electron chi connectivity index (χ3n) is 3.57. The monoisotopic (exact) mass is 286 g/mol. The Kier molecular flexibility index (Phi) is 3.20. The van der Waals surface area contributed by atoms with Crippen molar-refractivity contribution in [2.24, 2.45) is 0 Å². The molecule has 0 radical (unpaired) electrons. The molecule has 1 aromatic rings. The van der Waals surface area contributed by atoms with Crippen molar-refractivity contribution >= 4 is 10.1 Å². The van der Waals surface area contributed by atoms with E-state index in [1.54, 1.807) is 6.07 Å². The minimum absolute atomic E-state index is 0.00935. The molecule has 0 unspecified atom stereocenters. The second kappa shape index (κ2) is 4.89. The lowest BCUT2D eigenvalue weighted by atomic mass is 9.88. The molecule has 2 aliphatic carbocycles. The quantitative estimate of drug-likeness (QED) is 0.867. The minimum Gasteiger partial charge on any atom is -0.282 e. The van der Waals surface area contributed by atoms with Gasteiger partial charge in [0.15, 0.2) is 0 Å². The maximum atomic E-state index is 11.6. The summed E-state index contributed by atoms with van der Waals surface area (Å²) in [6, 6.07) is 5.04. The lowest BCUT2D eigenvalue weighted by Gasteiger charge is -2.19. The molecule has 4 heteroatoms. The van der Waals surface area contributed by atoms with E-state index in [1.807, 2.05) is 54.7 Å². The van der Waals surface area contributed by atoms with Crippen molar-refractivity contribution in [1.82, 2.24) is 0 Å². The smallest absolute Gasteiger partial charge is 0.282 e. The first-order valence-electron chi connectivity index (χ1n) is 6.37. The van der Waals surface area contributed by atoms with Gasteiger partial charge < -0.3 is 0 Å². The Morgan fingerprint density at radius 3 is 1.95 bits per heavy atom. The van der Waals surface area contributed by atoms with Crippen LogP contribution in [0.15, 0.2) is 71.7 Å². The molecule has 20 heavy (non-hydrogen) atoms. The first kappa shape index (κ1) is 13.1. The molecule has 0 bridgehead atoms. The molecule has 2 aliphatic rings. The Bertz CT molecular complexity index is 728. The van der Waals surface area contributed by atoms with Gasteiger partial charge in [0.05, 0.1) is 4.90 Å². The van der Waals surface area contributed by atoms with Crippen LogP contribution in [0.25, 0.3) is 0 Å². The van der Waals surface area contributed by atoms with E-state index in [4.69, 9.17) is 0 Å². The molecule has 1 aromatic carbocycles. The lowest BCUT2D eigenvalue weighted by Crippen LogP contribution is -2.09. The first-order chi connectivity index (χ1) is 9.57. The zero-order valence-electron chi connectivity index (χ0n) is 10.7. The molecule has 0 aliphatic heterocycles. The molecule has 102 valence electrons. The van der Waals surface area contributed by atoms with Crippen LogP contribution in [0.1, 0.15) is 23.0 Å². The van der Waals surface area contributed by atoms with Gasteiger partial charge in [-0.3, -0.25) is 4.55 Å². The van der Waals surface area contributed by atoms with E-state index in [2.05, 4.69) is 0 Å². The summed E-state index contributed by atoms with van der Waals surface area (Å²) >= 11 is 0. The summed E-state index contributed by atoms with van der Waals surface area (Å²) in [7, 11) is -4.24. The molecular formula is C16H14O3S. The molecule has 3 nitrogen and oxygen atoms in total. The van der Waals surface area contributed by atoms with Crippen LogP contribution in [-0.2, 0) is 10.1 Å². The van der Waals surface area contributed by atoms with Crippen LogP contribution in [0, 0.1) is 0 Å². The van der Waals surface area contributed by atoms with E-state index in [0.717, 1.165) is 5.56 Å². The topological polar surface area (TPSA) is 54.4 Å². The van der Waals surface area contributed by atoms with Gasteiger partial charge in [-0.2, -0.15) is 8.42 Å². The summed E-state index contributed by atoms with van der Waals surface area (Å²) in [6.07, 6.45) is 15.5. The highest BCUT2D eigenvalue weighted by molar-refractivity contribution is 7.85. The molecular weight excluding hydrogens is 272 g/mol. The standard InChI is InChI=1S/C16H14O3S/c17-20(18,19)15-11-5-10-14(12-6-1-2-7-12)16(15)13-8-3-4-9-13/h1-13H,(H,17,18,19). The SMILES string of the molecule is O=S(=O)(O)c1cccc(C2C=CC=C2)c1C1C=CC=C1. The van der Waals surface area contributed by atoms with Gasteiger partial charge in [-0.1, -0.05) is 60.7 Å². The average molecular weight is 286 g/mol. The maximum absolute atomic E-state index is 11.6. The van der Waals surface area contributed by atoms with Crippen molar-refractivity contribution in [3.8, 4) is 0 Å². The van der Waals surface area contributed by atoms with Crippen molar-refractivity contribution < 1.29 is 13.0 Å². The fraction of sp³-hybridized carbons (Fsp3) is 0.125. The van der Waals surface area contributed by atoms with E-state index in [0.29, 0.717) is 5.56 Å². The largest absolute Gasteiger partial charge is 0.294 e.